The van der Waals surface area contributed by atoms with Crippen molar-refractivity contribution in [2.45, 2.75) is 25.6 Å². The fraction of sp³-hybridized carbons (Fsp3) is 0.483. The van der Waals surface area contributed by atoms with Crippen molar-refractivity contribution in [2.24, 2.45) is 17.1 Å². The number of anilines is 1. The maximum atomic E-state index is 13.8. The summed E-state index contributed by atoms with van der Waals surface area (Å²) in [6.45, 7) is 4.96. The molecule has 0 spiro atoms. The molecule has 12 nitrogen and oxygen atoms in total. The average Bonchev–Trinajstić information content (AvgIpc) is 3.72. The van der Waals surface area contributed by atoms with Crippen LogP contribution in [0.4, 0.5) is 10.3 Å². The van der Waals surface area contributed by atoms with Crippen molar-refractivity contribution in [3.05, 3.63) is 48.2 Å². The minimum Gasteiger partial charge on any atom is -0.465 e. The van der Waals surface area contributed by atoms with Gasteiger partial charge in [0.05, 0.1) is 36.9 Å². The normalized spacial score (nSPS) is 24.9. The third kappa shape index (κ3) is 5.46. The maximum absolute atomic E-state index is 13.8. The van der Waals surface area contributed by atoms with E-state index < -0.39 is 28.9 Å². The molecule has 222 valence electrons. The number of piperazine rings is 1. The predicted molar refractivity (Wildman–Crippen MR) is 149 cm³/mol. The zero-order valence-electron chi connectivity index (χ0n) is 23.6. The summed E-state index contributed by atoms with van der Waals surface area (Å²) in [6.07, 6.45) is 3.74. The van der Waals surface area contributed by atoms with Gasteiger partial charge >= 0.3 is 11.8 Å². The number of nitrogens with two attached hydrogens (primary N) is 1. The number of likely N-dealkylation sites (N-methyl/N-ethyl adjacent to an activating group) is 1. The number of carbonyl (C=O) groups is 2. The number of ether oxygens (including phenoxy) is 3. The van der Waals surface area contributed by atoms with Gasteiger partial charge in [0.2, 0.25) is 5.95 Å². The maximum Gasteiger partial charge on any atom is 0.316 e. The van der Waals surface area contributed by atoms with Crippen molar-refractivity contribution >= 4 is 17.8 Å². The molecular weight excluding hydrogens is 545 g/mol. The summed E-state index contributed by atoms with van der Waals surface area (Å²) in [5.74, 6) is -2.97. The zero-order chi connectivity index (χ0) is 29.5. The largest absolute Gasteiger partial charge is 0.465 e. The minimum atomic E-state index is -2.10. The second-order valence-corrected chi connectivity index (χ2v) is 11.5. The molecule has 1 aromatic carbocycles. The zero-order valence-corrected chi connectivity index (χ0v) is 23.6. The second-order valence-electron chi connectivity index (χ2n) is 11.5. The third-order valence-electron chi connectivity index (χ3n) is 7.97. The van der Waals surface area contributed by atoms with Gasteiger partial charge in [0, 0.05) is 37.9 Å². The van der Waals surface area contributed by atoms with Crippen LogP contribution in [0, 0.1) is 17.2 Å². The lowest BCUT2D eigenvalue weighted by molar-refractivity contribution is -0.293. The van der Waals surface area contributed by atoms with Crippen LogP contribution in [0.15, 0.2) is 36.5 Å². The van der Waals surface area contributed by atoms with Crippen LogP contribution in [0.3, 0.4) is 0 Å². The van der Waals surface area contributed by atoms with Gasteiger partial charge in [-0.3, -0.25) is 9.59 Å². The number of esters is 1. The van der Waals surface area contributed by atoms with Gasteiger partial charge in [0.1, 0.15) is 11.2 Å². The standard InChI is InChI=1S/C29H34FN7O5/c1-28(26(39)40-15-18-3-4-18)16-41-29(24(31)38,42-17-28)25-34-22(19-5-7-20(30)8-6-19)23(35-25)21-9-10-32-27(33-21)37-13-11-36(2)12-14-37/h5-10,18H,3-4,11-17H2,1-2H3,(H2,31,38)(H,34,35). The van der Waals surface area contributed by atoms with Gasteiger partial charge < -0.3 is 34.7 Å². The van der Waals surface area contributed by atoms with Crippen molar-refractivity contribution in [1.29, 1.82) is 0 Å². The first-order valence-electron chi connectivity index (χ1n) is 14.1. The molecule has 0 unspecified atom stereocenters. The Bertz CT molecular complexity index is 1460. The van der Waals surface area contributed by atoms with E-state index in [2.05, 4.69) is 26.8 Å². The van der Waals surface area contributed by atoms with Crippen LogP contribution < -0.4 is 10.6 Å². The van der Waals surface area contributed by atoms with E-state index in [1.165, 1.54) is 12.1 Å². The molecule has 3 aliphatic rings. The van der Waals surface area contributed by atoms with E-state index in [-0.39, 0.29) is 19.0 Å². The molecule has 4 heterocycles. The fourth-order valence-corrected chi connectivity index (χ4v) is 4.95. The number of H-pyrrole nitrogens is 1. The highest BCUT2D eigenvalue weighted by atomic mass is 19.1. The number of rotatable bonds is 8. The number of hydrogen-bond acceptors (Lipinski definition) is 10. The number of amides is 1. The number of hydrogen-bond donors (Lipinski definition) is 2. The number of aromatic nitrogens is 4. The summed E-state index contributed by atoms with van der Waals surface area (Å²) < 4.78 is 31.2. The highest BCUT2D eigenvalue weighted by molar-refractivity contribution is 5.85. The van der Waals surface area contributed by atoms with Gasteiger partial charge in [0.25, 0.3) is 5.91 Å². The first kappa shape index (κ1) is 28.2. The lowest BCUT2D eigenvalue weighted by Gasteiger charge is -2.40. The van der Waals surface area contributed by atoms with Crippen LogP contribution in [0.1, 0.15) is 25.6 Å². The number of nitrogens with one attached hydrogen (secondary N) is 1. The lowest BCUT2D eigenvalue weighted by Crippen LogP contribution is -2.56. The summed E-state index contributed by atoms with van der Waals surface area (Å²) in [7, 11) is 2.07. The lowest BCUT2D eigenvalue weighted by atomic mass is 9.91. The Morgan fingerprint density at radius 1 is 1.10 bits per heavy atom. The summed E-state index contributed by atoms with van der Waals surface area (Å²) in [4.78, 5) is 47.2. The van der Waals surface area contributed by atoms with Crippen molar-refractivity contribution in [3.8, 4) is 22.6 Å². The number of primary amides is 1. The van der Waals surface area contributed by atoms with Gasteiger partial charge in [0.15, 0.2) is 5.82 Å². The summed E-state index contributed by atoms with van der Waals surface area (Å²) >= 11 is 0. The minimum absolute atomic E-state index is 0.0162. The smallest absolute Gasteiger partial charge is 0.316 e. The van der Waals surface area contributed by atoms with E-state index in [4.69, 9.17) is 29.9 Å². The molecule has 1 aliphatic carbocycles. The molecule has 0 atom stereocenters. The van der Waals surface area contributed by atoms with E-state index in [1.807, 2.05) is 0 Å². The number of aromatic amines is 1. The molecule has 3 fully saturated rings. The van der Waals surface area contributed by atoms with E-state index in [9.17, 15) is 14.0 Å². The summed E-state index contributed by atoms with van der Waals surface area (Å²) in [5, 5.41) is 0. The Hall–Kier alpha value is -3.94. The Kier molecular flexibility index (Phi) is 7.41. The molecule has 0 bridgehead atoms. The van der Waals surface area contributed by atoms with E-state index in [0.29, 0.717) is 41.1 Å². The van der Waals surface area contributed by atoms with Crippen LogP contribution in [0.2, 0.25) is 0 Å². The van der Waals surface area contributed by atoms with Gasteiger partial charge in [-0.05, 0) is 63.1 Å². The van der Waals surface area contributed by atoms with Gasteiger partial charge in [-0.15, -0.1) is 0 Å². The molecule has 1 saturated carbocycles. The Morgan fingerprint density at radius 3 is 2.43 bits per heavy atom. The molecule has 6 rings (SSSR count). The number of benzene rings is 1. The molecule has 2 aliphatic heterocycles. The highest BCUT2D eigenvalue weighted by Gasteiger charge is 2.54. The average molecular weight is 580 g/mol. The van der Waals surface area contributed by atoms with Crippen LogP contribution in [0.25, 0.3) is 22.6 Å². The van der Waals surface area contributed by atoms with Crippen LogP contribution >= 0.6 is 0 Å². The topological polar surface area (TPSA) is 149 Å². The third-order valence-corrected chi connectivity index (χ3v) is 7.97. The Balaban J connectivity index is 1.35. The van der Waals surface area contributed by atoms with Gasteiger partial charge in [-0.25, -0.2) is 19.3 Å². The van der Waals surface area contributed by atoms with Crippen LogP contribution in [0.5, 0.6) is 0 Å². The molecule has 13 heteroatoms. The first-order valence-corrected chi connectivity index (χ1v) is 14.1. The molecule has 2 aromatic heterocycles. The molecular formula is C29H34FN7O5. The van der Waals surface area contributed by atoms with Crippen LogP contribution in [-0.2, 0) is 29.6 Å². The molecule has 0 radical (unpaired) electrons. The van der Waals surface area contributed by atoms with E-state index in [1.54, 1.807) is 31.3 Å². The van der Waals surface area contributed by atoms with Crippen molar-refractivity contribution in [2.75, 3.05) is 57.9 Å². The summed E-state index contributed by atoms with van der Waals surface area (Å²) in [5.41, 5.74) is 6.61. The molecule has 2 saturated heterocycles. The monoisotopic (exact) mass is 579 g/mol. The second kappa shape index (κ2) is 11.0. The molecule has 3 N–H and O–H groups in total. The number of carbonyl (C=O) groups excluding carboxylic acids is 2. The Labute approximate surface area is 242 Å². The van der Waals surface area contributed by atoms with E-state index in [0.717, 1.165) is 39.0 Å². The molecule has 42 heavy (non-hydrogen) atoms. The van der Waals surface area contributed by atoms with Crippen molar-refractivity contribution < 1.29 is 28.2 Å². The number of imidazole rings is 1. The van der Waals surface area contributed by atoms with Crippen LogP contribution in [-0.4, -0.2) is 89.8 Å². The first-order chi connectivity index (χ1) is 20.2. The van der Waals surface area contributed by atoms with Crippen molar-refractivity contribution in [3.63, 3.8) is 0 Å². The predicted octanol–water partition coefficient (Wildman–Crippen LogP) is 2.07. The molecule has 1 amide bonds. The Morgan fingerprint density at radius 2 is 1.79 bits per heavy atom. The molecule has 3 aromatic rings. The highest BCUT2D eigenvalue weighted by Crippen LogP contribution is 2.40. The quantitative estimate of drug-likeness (QED) is 0.380. The van der Waals surface area contributed by atoms with Gasteiger partial charge in [-0.1, -0.05) is 0 Å². The number of nitrogens with zero attached hydrogens (tertiary/aromatic N) is 5. The number of halogens is 1. The van der Waals surface area contributed by atoms with Gasteiger partial charge in [-0.2, -0.15) is 0 Å². The fourth-order valence-electron chi connectivity index (χ4n) is 4.95. The SMILES string of the molecule is CN1CCN(c2nccc(-c3[nH]c(C4(C(N)=O)OCC(C)(C(=O)OCC5CC5)CO4)nc3-c3ccc(F)cc3)n2)CC1. The van der Waals surface area contributed by atoms with Crippen molar-refractivity contribution in [1.82, 2.24) is 24.8 Å². The summed E-state index contributed by atoms with van der Waals surface area (Å²) in [6, 6.07) is 7.51. The van der Waals surface area contributed by atoms with E-state index >= 15 is 0 Å².